The van der Waals surface area contributed by atoms with E-state index in [1.54, 1.807) is 6.92 Å². The Hall–Kier alpha value is -0.250. The molecule has 0 amide bonds. The van der Waals surface area contributed by atoms with Gasteiger partial charge in [-0.05, 0) is 25.2 Å². The van der Waals surface area contributed by atoms with Crippen LogP contribution in [-0.4, -0.2) is 12.2 Å². The number of rotatable bonds is 0. The first kappa shape index (κ1) is 9.84. The largest absolute Gasteiger partial charge is 0.392 e. The second kappa shape index (κ2) is 3.24. The lowest BCUT2D eigenvalue weighted by molar-refractivity contribution is -0.195. The number of hydrogen-bond donors (Lipinski definition) is 1. The van der Waals surface area contributed by atoms with Gasteiger partial charge in [-0.25, -0.2) is 0 Å². The van der Waals surface area contributed by atoms with Crippen LogP contribution in [-0.2, 0) is 0 Å². The predicted octanol–water partition coefficient (Wildman–Crippen LogP) is 2.31. The highest BCUT2D eigenvalue weighted by Gasteiger charge is 2.45. The smallest absolute Gasteiger partial charge is 0.328 e. The number of halogens is 3. The molecule has 1 aliphatic carbocycles. The second-order valence-corrected chi connectivity index (χ2v) is 3.70. The maximum atomic E-state index is 12.3. The van der Waals surface area contributed by atoms with Crippen molar-refractivity contribution < 1.29 is 13.2 Å². The molecule has 4 heteroatoms. The van der Waals surface area contributed by atoms with Crippen molar-refractivity contribution >= 4 is 0 Å². The van der Waals surface area contributed by atoms with Crippen molar-refractivity contribution in [3.63, 3.8) is 0 Å². The van der Waals surface area contributed by atoms with Gasteiger partial charge in [0.15, 0.2) is 0 Å². The van der Waals surface area contributed by atoms with E-state index in [1.807, 2.05) is 0 Å². The summed E-state index contributed by atoms with van der Waals surface area (Å²) in [4.78, 5) is 0. The summed E-state index contributed by atoms with van der Waals surface area (Å²) < 4.78 is 36.9. The highest BCUT2D eigenvalue weighted by Crippen LogP contribution is 2.40. The number of alkyl halides is 3. The highest BCUT2D eigenvalue weighted by molar-refractivity contribution is 4.83. The molecule has 1 fully saturated rings. The third-order valence-corrected chi connectivity index (χ3v) is 2.66. The van der Waals surface area contributed by atoms with Gasteiger partial charge in [0.1, 0.15) is 0 Å². The minimum atomic E-state index is -4.06. The molecule has 0 spiro atoms. The Balaban J connectivity index is 2.61. The molecular weight excluding hydrogens is 167 g/mol. The Morgan fingerprint density at radius 3 is 2.25 bits per heavy atom. The summed E-state index contributed by atoms with van der Waals surface area (Å²) >= 11 is 0. The fourth-order valence-corrected chi connectivity index (χ4v) is 1.81. The molecule has 1 nitrogen and oxygen atoms in total. The summed E-state index contributed by atoms with van der Waals surface area (Å²) in [5.74, 6) is -1.44. The summed E-state index contributed by atoms with van der Waals surface area (Å²) in [7, 11) is 0. The summed E-state index contributed by atoms with van der Waals surface area (Å²) in [5.41, 5.74) is 5.48. The van der Waals surface area contributed by atoms with Crippen LogP contribution >= 0.6 is 0 Å². The zero-order valence-electron chi connectivity index (χ0n) is 7.06. The van der Waals surface area contributed by atoms with E-state index >= 15 is 0 Å². The fourth-order valence-electron chi connectivity index (χ4n) is 1.81. The Kier molecular flexibility index (Phi) is 2.66. The molecule has 2 unspecified atom stereocenters. The van der Waals surface area contributed by atoms with Crippen molar-refractivity contribution in [2.45, 2.75) is 38.4 Å². The first-order valence-corrected chi connectivity index (χ1v) is 4.23. The van der Waals surface area contributed by atoms with Crippen molar-refractivity contribution in [2.75, 3.05) is 0 Å². The predicted molar refractivity (Wildman–Crippen MR) is 40.5 cm³/mol. The summed E-state index contributed by atoms with van der Waals surface area (Å²) in [6.45, 7) is 1.66. The molecule has 3 atom stereocenters. The lowest BCUT2D eigenvalue weighted by atomic mass is 9.78. The van der Waals surface area contributed by atoms with E-state index in [1.165, 1.54) is 0 Å². The monoisotopic (exact) mass is 181 g/mol. The van der Waals surface area contributed by atoms with Crippen LogP contribution in [0.5, 0.6) is 0 Å². The van der Waals surface area contributed by atoms with Crippen LogP contribution < -0.4 is 5.73 Å². The summed E-state index contributed by atoms with van der Waals surface area (Å²) in [6, 6.07) is -0.257. The molecule has 72 valence electrons. The standard InChI is InChI=1S/C8H14F3N/c1-5-2-3-6(12)4-7(5)8(9,10)11/h5-7H,2-4,12H2,1H3/t5?,6?,7-/m1/s1. The second-order valence-electron chi connectivity index (χ2n) is 3.70. The third-order valence-electron chi connectivity index (χ3n) is 2.66. The highest BCUT2D eigenvalue weighted by atomic mass is 19.4. The van der Waals surface area contributed by atoms with Crippen molar-refractivity contribution in [1.82, 2.24) is 0 Å². The molecule has 0 aliphatic heterocycles. The maximum Gasteiger partial charge on any atom is 0.392 e. The van der Waals surface area contributed by atoms with Gasteiger partial charge in [0.2, 0.25) is 0 Å². The Bertz CT molecular complexity index is 155. The van der Waals surface area contributed by atoms with E-state index in [0.717, 1.165) is 6.42 Å². The summed E-state index contributed by atoms with van der Waals surface area (Å²) in [5, 5.41) is 0. The van der Waals surface area contributed by atoms with E-state index in [2.05, 4.69) is 0 Å². The number of hydrogen-bond acceptors (Lipinski definition) is 1. The first-order valence-electron chi connectivity index (χ1n) is 4.23. The molecule has 0 aromatic carbocycles. The molecule has 1 aliphatic rings. The molecule has 2 N–H and O–H groups in total. The van der Waals surface area contributed by atoms with Crippen molar-refractivity contribution in [2.24, 2.45) is 17.6 Å². The topological polar surface area (TPSA) is 26.0 Å². The van der Waals surface area contributed by atoms with Gasteiger partial charge in [-0.2, -0.15) is 13.2 Å². The Labute approximate surface area is 70.1 Å². The van der Waals surface area contributed by atoms with E-state index in [-0.39, 0.29) is 18.4 Å². The van der Waals surface area contributed by atoms with Gasteiger partial charge in [0, 0.05) is 6.04 Å². The Morgan fingerprint density at radius 2 is 1.83 bits per heavy atom. The normalized spacial score (nSPS) is 38.2. The lowest BCUT2D eigenvalue weighted by Crippen LogP contribution is -2.39. The molecule has 0 aromatic rings. The van der Waals surface area contributed by atoms with Crippen molar-refractivity contribution in [1.29, 1.82) is 0 Å². The van der Waals surface area contributed by atoms with Crippen LogP contribution in [0.25, 0.3) is 0 Å². The van der Waals surface area contributed by atoms with E-state index in [9.17, 15) is 13.2 Å². The zero-order valence-corrected chi connectivity index (χ0v) is 7.06. The van der Waals surface area contributed by atoms with Gasteiger partial charge < -0.3 is 5.73 Å². The molecule has 0 heterocycles. The average Bonchev–Trinajstić information content (AvgIpc) is 1.92. The maximum absolute atomic E-state index is 12.3. The minimum Gasteiger partial charge on any atom is -0.328 e. The average molecular weight is 181 g/mol. The van der Waals surface area contributed by atoms with Gasteiger partial charge in [-0.3, -0.25) is 0 Å². The quantitative estimate of drug-likeness (QED) is 0.609. The molecule has 0 saturated heterocycles. The third kappa shape index (κ3) is 2.12. The van der Waals surface area contributed by atoms with Crippen LogP contribution in [0.3, 0.4) is 0 Å². The van der Waals surface area contributed by atoms with Gasteiger partial charge in [0.05, 0.1) is 5.92 Å². The molecule has 0 radical (unpaired) electrons. The molecule has 1 saturated carbocycles. The van der Waals surface area contributed by atoms with Gasteiger partial charge in [0.25, 0.3) is 0 Å². The number of nitrogens with two attached hydrogens (primary N) is 1. The fraction of sp³-hybridized carbons (Fsp3) is 1.00. The van der Waals surface area contributed by atoms with E-state index in [4.69, 9.17) is 5.73 Å². The van der Waals surface area contributed by atoms with Crippen LogP contribution in [0.15, 0.2) is 0 Å². The Morgan fingerprint density at radius 1 is 1.25 bits per heavy atom. The first-order chi connectivity index (χ1) is 5.41. The molecule has 0 aromatic heterocycles. The molecular formula is C8H14F3N. The minimum absolute atomic E-state index is 0.102. The molecule has 1 rings (SSSR count). The van der Waals surface area contributed by atoms with Crippen LogP contribution in [0.4, 0.5) is 13.2 Å². The summed E-state index contributed by atoms with van der Waals surface area (Å²) in [6.07, 6.45) is -2.62. The molecule has 12 heavy (non-hydrogen) atoms. The van der Waals surface area contributed by atoms with Crippen LogP contribution in [0.1, 0.15) is 26.2 Å². The SMILES string of the molecule is CC1CCC(N)C[C@H]1C(F)(F)F. The lowest BCUT2D eigenvalue weighted by Gasteiger charge is -2.33. The van der Waals surface area contributed by atoms with E-state index < -0.39 is 12.1 Å². The zero-order chi connectivity index (χ0) is 9.35. The van der Waals surface area contributed by atoms with E-state index in [0.29, 0.717) is 6.42 Å². The molecule has 0 bridgehead atoms. The van der Waals surface area contributed by atoms with Crippen molar-refractivity contribution in [3.8, 4) is 0 Å². The van der Waals surface area contributed by atoms with Crippen molar-refractivity contribution in [3.05, 3.63) is 0 Å². The van der Waals surface area contributed by atoms with Gasteiger partial charge >= 0.3 is 6.18 Å². The van der Waals surface area contributed by atoms with Gasteiger partial charge in [-0.15, -0.1) is 0 Å². The van der Waals surface area contributed by atoms with Crippen LogP contribution in [0, 0.1) is 11.8 Å². The van der Waals surface area contributed by atoms with Gasteiger partial charge in [-0.1, -0.05) is 6.92 Å². The van der Waals surface area contributed by atoms with Crippen LogP contribution in [0.2, 0.25) is 0 Å².